The minimum Gasteiger partial charge on any atom is -0.458 e. The topological polar surface area (TPSA) is 75.6 Å². The van der Waals surface area contributed by atoms with Crippen LogP contribution in [0.4, 0.5) is 0 Å². The van der Waals surface area contributed by atoms with Crippen LogP contribution in [0.15, 0.2) is 12.2 Å². The number of hydrogen-bond donors (Lipinski definition) is 2. The molecule has 0 saturated carbocycles. The second-order valence-electron chi connectivity index (χ2n) is 6.05. The molecule has 5 nitrogen and oxygen atoms in total. The Balaban J connectivity index is 0. The molecule has 0 spiro atoms. The van der Waals surface area contributed by atoms with Crippen LogP contribution in [-0.4, -0.2) is 34.7 Å². The molecule has 24 heavy (non-hydrogen) atoms. The maximum atomic E-state index is 12.1. The van der Waals surface area contributed by atoms with Gasteiger partial charge in [-0.2, -0.15) is 0 Å². The van der Waals surface area contributed by atoms with E-state index in [-0.39, 0.29) is 105 Å². The van der Waals surface area contributed by atoms with Gasteiger partial charge in [0.05, 0.1) is 11.5 Å². The van der Waals surface area contributed by atoms with Crippen LogP contribution in [0.25, 0.3) is 0 Å². The van der Waals surface area contributed by atoms with Crippen LogP contribution in [0.5, 0.6) is 0 Å². The summed E-state index contributed by atoms with van der Waals surface area (Å²) >= 11 is 0. The molecule has 2 saturated heterocycles. The predicted octanol–water partition coefficient (Wildman–Crippen LogP) is 1.63. The van der Waals surface area contributed by atoms with E-state index in [9.17, 15) is 9.59 Å². The van der Waals surface area contributed by atoms with Crippen molar-refractivity contribution in [1.29, 1.82) is 0 Å². The summed E-state index contributed by atoms with van der Waals surface area (Å²) in [6.07, 6.45) is 9.60. The number of esters is 1. The molecule has 3 aliphatic rings. The van der Waals surface area contributed by atoms with Gasteiger partial charge in [-0.1, -0.05) is 18.9 Å². The van der Waals surface area contributed by atoms with Crippen molar-refractivity contribution in [3.8, 4) is 0 Å². The van der Waals surface area contributed by atoms with Gasteiger partial charge in [0.2, 0.25) is 5.91 Å². The molecule has 0 unspecified atom stereocenters. The Bertz CT molecular complexity index is 485. The Kier molecular flexibility index (Phi) is 11.6. The van der Waals surface area contributed by atoms with Gasteiger partial charge >= 0.3 is 5.97 Å². The van der Waals surface area contributed by atoms with E-state index in [0.29, 0.717) is 6.42 Å². The number of ether oxygens (including phenoxy) is 1. The number of carbonyl (C=O) groups excluding carboxylic acids is 2. The van der Waals surface area contributed by atoms with Crippen LogP contribution in [0.3, 0.4) is 0 Å². The van der Waals surface area contributed by atoms with Gasteiger partial charge in [-0.15, -0.1) is 12.0 Å². The quantitative estimate of drug-likeness (QED) is 0.360. The summed E-state index contributed by atoms with van der Waals surface area (Å²) < 4.78 is 5.34. The Hall–Kier alpha value is 0.848. The van der Waals surface area contributed by atoms with Crippen molar-refractivity contribution in [3.63, 3.8) is 0 Å². The number of aliphatic hydroxyl groups is 1. The number of amides is 1. The monoisotopic (exact) mass is 486 g/mol. The van der Waals surface area contributed by atoms with E-state index in [2.05, 4.69) is 17.5 Å². The molecule has 2 N–H and O–H groups in total. The first-order valence-electron chi connectivity index (χ1n) is 7.22. The molecule has 1 amide bonds. The first-order chi connectivity index (χ1) is 9.53. The first-order valence-corrected chi connectivity index (χ1v) is 7.22. The van der Waals surface area contributed by atoms with Crippen LogP contribution in [0.2, 0.25) is 0 Å². The van der Waals surface area contributed by atoms with Crippen molar-refractivity contribution in [2.75, 3.05) is 6.61 Å². The number of carbonyl (C=O) groups is 2. The van der Waals surface area contributed by atoms with Crippen molar-refractivity contribution in [1.82, 2.24) is 5.32 Å². The van der Waals surface area contributed by atoms with E-state index in [0.717, 1.165) is 19.3 Å². The minimum absolute atomic E-state index is 0. The maximum Gasteiger partial charge on any atom is 0.305 e. The molecule has 0 aromatic carbocycles. The second kappa shape index (κ2) is 10.3. The van der Waals surface area contributed by atoms with Crippen molar-refractivity contribution in [3.05, 3.63) is 33.4 Å². The first kappa shape index (κ1) is 27.1. The number of aliphatic hydroxyl groups excluding tert-OH is 1. The van der Waals surface area contributed by atoms with E-state index < -0.39 is 17.1 Å². The van der Waals surface area contributed by atoms with Gasteiger partial charge in [-0.25, -0.2) is 0 Å². The largest absolute Gasteiger partial charge is 0.458 e. The number of allylic oxidation sites excluding steroid dienone is 2. The summed E-state index contributed by atoms with van der Waals surface area (Å²) in [5, 5.41) is 11.9. The molecule has 2 aliphatic heterocycles. The number of nitrogens with one attached hydrogen (secondary N) is 1. The fourth-order valence-electron chi connectivity index (χ4n) is 3.67. The van der Waals surface area contributed by atoms with Gasteiger partial charge < -0.3 is 30.0 Å². The zero-order valence-electron chi connectivity index (χ0n) is 14.7. The molecular formula is C17H26NO4Y2-3. The van der Waals surface area contributed by atoms with E-state index in [1.807, 2.05) is 6.42 Å². The molecular weight excluding hydrogens is 460 g/mol. The Morgan fingerprint density at radius 2 is 2.04 bits per heavy atom. The standard InChI is InChI=1S/C15H20NO4.2CH3.2Y/c1-14-11(7-8-17)12(18)16-15(14,13(19)20-14)9-10-5-3-2-4-6-10;;;;/h3,5,9-11,17H,2,4,6-8H2,1H3,(H,16,18);2*1H3;;/q3*-1;;/t10-,11+,14+,15+;;;;/m1..../s1. The van der Waals surface area contributed by atoms with Gasteiger partial charge in [0, 0.05) is 72.0 Å². The molecule has 2 fully saturated rings. The summed E-state index contributed by atoms with van der Waals surface area (Å²) in [4.78, 5) is 24.2. The number of hydrogen-bond acceptors (Lipinski definition) is 4. The molecule has 132 valence electrons. The van der Waals surface area contributed by atoms with Gasteiger partial charge in [0.1, 0.15) is 5.60 Å². The molecule has 3 rings (SSSR count). The Morgan fingerprint density at radius 1 is 1.38 bits per heavy atom. The third kappa shape index (κ3) is 4.06. The fraction of sp³-hybridized carbons (Fsp3) is 0.588. The summed E-state index contributed by atoms with van der Waals surface area (Å²) in [6.45, 7) is 1.69. The summed E-state index contributed by atoms with van der Waals surface area (Å²) in [5.41, 5.74) is -1.88. The maximum absolute atomic E-state index is 12.1. The van der Waals surface area contributed by atoms with E-state index in [1.54, 1.807) is 6.92 Å². The van der Waals surface area contributed by atoms with Gasteiger partial charge in [0.15, 0.2) is 0 Å². The van der Waals surface area contributed by atoms with Gasteiger partial charge in [-0.3, -0.25) is 16.0 Å². The Labute approximate surface area is 195 Å². The van der Waals surface area contributed by atoms with Crippen LogP contribution in [-0.2, 0) is 79.7 Å². The average molecular weight is 486 g/mol. The molecule has 2 radical (unpaired) electrons. The minimum atomic E-state index is -1.02. The van der Waals surface area contributed by atoms with E-state index >= 15 is 0 Å². The third-order valence-electron chi connectivity index (χ3n) is 4.88. The third-order valence-corrected chi connectivity index (χ3v) is 4.88. The van der Waals surface area contributed by atoms with Crippen LogP contribution in [0, 0.1) is 33.1 Å². The van der Waals surface area contributed by atoms with Crippen molar-refractivity contribution < 1.29 is 84.9 Å². The van der Waals surface area contributed by atoms with Crippen LogP contribution < -0.4 is 5.32 Å². The normalized spacial score (nSPS) is 35.6. The van der Waals surface area contributed by atoms with Crippen molar-refractivity contribution in [2.24, 2.45) is 11.8 Å². The SMILES string of the molecule is C[C@@]12OC(=O)[C@]1([CH-][C@@H]1C=CCCC1)NC(=O)[C@@H]2CCO.[CH3-].[CH3-].[Y].[Y]. The summed E-state index contributed by atoms with van der Waals surface area (Å²) in [5.74, 6) is -0.880. The molecule has 2 heterocycles. The number of rotatable bonds is 4. The second-order valence-corrected chi connectivity index (χ2v) is 6.05. The van der Waals surface area contributed by atoms with E-state index in [4.69, 9.17) is 9.84 Å². The molecule has 4 atom stereocenters. The molecule has 0 aromatic heterocycles. The molecule has 0 aromatic rings. The molecule has 7 heteroatoms. The van der Waals surface area contributed by atoms with Crippen LogP contribution in [0.1, 0.15) is 32.6 Å². The summed E-state index contributed by atoms with van der Waals surface area (Å²) in [6, 6.07) is 0. The number of fused-ring (bicyclic) bond motifs is 1. The molecule has 1 aliphatic carbocycles. The predicted molar refractivity (Wildman–Crippen MR) is 84.2 cm³/mol. The Morgan fingerprint density at radius 3 is 2.54 bits per heavy atom. The molecule has 0 bridgehead atoms. The van der Waals surface area contributed by atoms with Gasteiger partial charge in [-0.05, 0) is 19.8 Å². The summed E-state index contributed by atoms with van der Waals surface area (Å²) in [7, 11) is 0. The fourth-order valence-corrected chi connectivity index (χ4v) is 3.67. The van der Waals surface area contributed by atoms with E-state index in [1.165, 1.54) is 0 Å². The van der Waals surface area contributed by atoms with Crippen molar-refractivity contribution >= 4 is 11.9 Å². The van der Waals surface area contributed by atoms with Crippen LogP contribution >= 0.6 is 0 Å². The zero-order chi connectivity index (χ0) is 14.4. The smallest absolute Gasteiger partial charge is 0.305 e. The van der Waals surface area contributed by atoms with Gasteiger partial charge in [0.25, 0.3) is 0 Å². The zero-order valence-corrected chi connectivity index (χ0v) is 20.4. The average Bonchev–Trinajstić information content (AvgIpc) is 2.59. The van der Waals surface area contributed by atoms with Crippen molar-refractivity contribution in [2.45, 2.75) is 43.7 Å².